The molecule has 0 heterocycles. The maximum absolute atomic E-state index is 12.9. The molecule has 3 N–H and O–H groups in total. The number of fused-ring (bicyclic) bond motifs is 1. The van der Waals surface area contributed by atoms with Crippen LogP contribution >= 0.6 is 12.4 Å². The van der Waals surface area contributed by atoms with Gasteiger partial charge in [-0.05, 0) is 59.7 Å². The van der Waals surface area contributed by atoms with E-state index >= 15 is 0 Å². The summed E-state index contributed by atoms with van der Waals surface area (Å²) in [6, 6.07) is 9.34. The van der Waals surface area contributed by atoms with Gasteiger partial charge in [-0.2, -0.15) is 13.2 Å². The highest BCUT2D eigenvalue weighted by Gasteiger charge is 2.31. The molecule has 0 fully saturated rings. The first-order valence-electron chi connectivity index (χ1n) is 8.17. The Labute approximate surface area is 156 Å². The van der Waals surface area contributed by atoms with Gasteiger partial charge in [0, 0.05) is 12.2 Å². The zero-order valence-corrected chi connectivity index (χ0v) is 14.8. The number of halogens is 4. The first kappa shape index (κ1) is 20.3. The molecule has 26 heavy (non-hydrogen) atoms. The average molecular weight is 385 g/mol. The standard InChI is InChI=1S/C19H19F3N2O.ClH/c20-19(21,22)16-7-13(11-23)8-17(10-16)24-18(25)9-12-4-5-14-2-1-3-15(14)6-12;/h4-8,10H,1-3,9,11,23H2,(H,24,25);1H. The van der Waals surface area contributed by atoms with Crippen molar-refractivity contribution in [1.82, 2.24) is 0 Å². The number of amides is 1. The van der Waals surface area contributed by atoms with E-state index in [0.29, 0.717) is 5.56 Å². The second-order valence-corrected chi connectivity index (χ2v) is 6.30. The smallest absolute Gasteiger partial charge is 0.326 e. The normalized spacial score (nSPS) is 13.1. The molecule has 3 nitrogen and oxygen atoms in total. The average Bonchev–Trinajstić information content (AvgIpc) is 3.01. The zero-order valence-electron chi connectivity index (χ0n) is 14.0. The first-order chi connectivity index (χ1) is 11.8. The number of carbonyl (C=O) groups excluding carboxylic acids is 1. The molecule has 0 saturated carbocycles. The van der Waals surface area contributed by atoms with Gasteiger partial charge in [-0.1, -0.05) is 18.2 Å². The summed E-state index contributed by atoms with van der Waals surface area (Å²) in [6.45, 7) is -0.0301. The molecular weight excluding hydrogens is 365 g/mol. The Morgan fingerprint density at radius 1 is 1.04 bits per heavy atom. The van der Waals surface area contributed by atoms with Gasteiger partial charge in [0.15, 0.2) is 0 Å². The van der Waals surface area contributed by atoms with E-state index in [1.807, 2.05) is 18.2 Å². The molecule has 1 aliphatic rings. The van der Waals surface area contributed by atoms with Gasteiger partial charge in [0.05, 0.1) is 12.0 Å². The van der Waals surface area contributed by atoms with Crippen molar-refractivity contribution in [3.63, 3.8) is 0 Å². The summed E-state index contributed by atoms with van der Waals surface area (Å²) in [4.78, 5) is 12.2. The fourth-order valence-electron chi connectivity index (χ4n) is 3.17. The fraction of sp³-hybridized carbons (Fsp3) is 0.316. The van der Waals surface area contributed by atoms with E-state index in [1.165, 1.54) is 17.2 Å². The van der Waals surface area contributed by atoms with Crippen LogP contribution in [-0.2, 0) is 36.8 Å². The van der Waals surface area contributed by atoms with Crippen molar-refractivity contribution in [3.8, 4) is 0 Å². The van der Waals surface area contributed by atoms with E-state index in [4.69, 9.17) is 5.73 Å². The van der Waals surface area contributed by atoms with Crippen LogP contribution < -0.4 is 11.1 Å². The largest absolute Gasteiger partial charge is 0.416 e. The van der Waals surface area contributed by atoms with E-state index in [2.05, 4.69) is 5.32 Å². The van der Waals surface area contributed by atoms with Crippen molar-refractivity contribution in [2.75, 3.05) is 5.32 Å². The van der Waals surface area contributed by atoms with E-state index in [0.717, 1.165) is 37.0 Å². The zero-order chi connectivity index (χ0) is 18.0. The van der Waals surface area contributed by atoms with Crippen LogP contribution in [0.4, 0.5) is 18.9 Å². The van der Waals surface area contributed by atoms with Gasteiger partial charge in [-0.15, -0.1) is 12.4 Å². The third-order valence-corrected chi connectivity index (χ3v) is 4.37. The van der Waals surface area contributed by atoms with Crippen LogP contribution in [0.15, 0.2) is 36.4 Å². The van der Waals surface area contributed by atoms with Crippen LogP contribution in [0.3, 0.4) is 0 Å². The molecule has 7 heteroatoms. The number of hydrogen-bond acceptors (Lipinski definition) is 2. The minimum Gasteiger partial charge on any atom is -0.326 e. The summed E-state index contributed by atoms with van der Waals surface area (Å²) in [5.41, 5.74) is 8.51. The molecular formula is C19H20ClF3N2O. The van der Waals surface area contributed by atoms with Crippen LogP contribution in [0.1, 0.15) is 34.2 Å². The number of benzene rings is 2. The number of alkyl halides is 3. The van der Waals surface area contributed by atoms with Crippen LogP contribution in [0, 0.1) is 0 Å². The van der Waals surface area contributed by atoms with E-state index in [1.54, 1.807) is 0 Å². The fourth-order valence-corrected chi connectivity index (χ4v) is 3.17. The molecule has 0 saturated heterocycles. The molecule has 1 aliphatic carbocycles. The number of nitrogens with two attached hydrogens (primary N) is 1. The van der Waals surface area contributed by atoms with Crippen molar-refractivity contribution in [3.05, 3.63) is 64.2 Å². The first-order valence-corrected chi connectivity index (χ1v) is 8.17. The van der Waals surface area contributed by atoms with Crippen molar-refractivity contribution >= 4 is 24.0 Å². The minimum absolute atomic E-state index is 0. The second-order valence-electron chi connectivity index (χ2n) is 6.30. The predicted molar refractivity (Wildman–Crippen MR) is 97.4 cm³/mol. The molecule has 0 aliphatic heterocycles. The van der Waals surface area contributed by atoms with Crippen LogP contribution in [0.5, 0.6) is 0 Å². The van der Waals surface area contributed by atoms with Gasteiger partial charge >= 0.3 is 6.18 Å². The van der Waals surface area contributed by atoms with Gasteiger partial charge in [-0.25, -0.2) is 0 Å². The molecule has 0 aromatic heterocycles. The number of hydrogen-bond donors (Lipinski definition) is 2. The molecule has 1 amide bonds. The third-order valence-electron chi connectivity index (χ3n) is 4.37. The SMILES string of the molecule is Cl.NCc1cc(NC(=O)Cc2ccc3c(c2)CCC3)cc(C(F)(F)F)c1. The van der Waals surface area contributed by atoms with Gasteiger partial charge < -0.3 is 11.1 Å². The highest BCUT2D eigenvalue weighted by atomic mass is 35.5. The van der Waals surface area contributed by atoms with Crippen molar-refractivity contribution in [1.29, 1.82) is 0 Å². The van der Waals surface area contributed by atoms with Gasteiger partial charge in [0.2, 0.25) is 5.91 Å². The molecule has 3 rings (SSSR count). The maximum Gasteiger partial charge on any atom is 0.416 e. The maximum atomic E-state index is 12.9. The van der Waals surface area contributed by atoms with Gasteiger partial charge in [0.25, 0.3) is 0 Å². The topological polar surface area (TPSA) is 55.1 Å². The summed E-state index contributed by atoms with van der Waals surface area (Å²) < 4.78 is 38.8. The molecule has 2 aromatic carbocycles. The van der Waals surface area contributed by atoms with Crippen LogP contribution in [0.25, 0.3) is 0 Å². The number of carbonyl (C=O) groups is 1. The number of anilines is 1. The molecule has 0 bridgehead atoms. The Balaban J connectivity index is 0.00000243. The number of rotatable bonds is 4. The molecule has 140 valence electrons. The lowest BCUT2D eigenvalue weighted by atomic mass is 10.0. The Bertz CT molecular complexity index is 806. The van der Waals surface area contributed by atoms with E-state index < -0.39 is 11.7 Å². The number of aryl methyl sites for hydroxylation is 2. The van der Waals surface area contributed by atoms with Crippen LogP contribution in [0.2, 0.25) is 0 Å². The molecule has 0 atom stereocenters. The van der Waals surface area contributed by atoms with E-state index in [9.17, 15) is 18.0 Å². The summed E-state index contributed by atoms with van der Waals surface area (Å²) in [5.74, 6) is -0.347. The summed E-state index contributed by atoms with van der Waals surface area (Å²) in [7, 11) is 0. The molecule has 0 spiro atoms. The van der Waals surface area contributed by atoms with Crippen molar-refractivity contribution < 1.29 is 18.0 Å². The Morgan fingerprint density at radius 2 is 1.77 bits per heavy atom. The van der Waals surface area contributed by atoms with Crippen molar-refractivity contribution in [2.24, 2.45) is 5.73 Å². The monoisotopic (exact) mass is 384 g/mol. The molecule has 0 radical (unpaired) electrons. The lowest BCUT2D eigenvalue weighted by molar-refractivity contribution is -0.137. The Morgan fingerprint density at radius 3 is 2.46 bits per heavy atom. The van der Waals surface area contributed by atoms with Gasteiger partial charge in [0.1, 0.15) is 0 Å². The quantitative estimate of drug-likeness (QED) is 0.827. The Hall–Kier alpha value is -2.05. The predicted octanol–water partition coefficient (Wildman–Crippen LogP) is 4.26. The highest BCUT2D eigenvalue weighted by Crippen LogP contribution is 2.32. The van der Waals surface area contributed by atoms with E-state index in [-0.39, 0.29) is 37.0 Å². The van der Waals surface area contributed by atoms with Crippen LogP contribution in [-0.4, -0.2) is 5.91 Å². The lowest BCUT2D eigenvalue weighted by Gasteiger charge is -2.13. The van der Waals surface area contributed by atoms with Gasteiger partial charge in [-0.3, -0.25) is 4.79 Å². The molecule has 0 unspecified atom stereocenters. The van der Waals surface area contributed by atoms with Crippen molar-refractivity contribution in [2.45, 2.75) is 38.4 Å². The summed E-state index contributed by atoms with van der Waals surface area (Å²) in [5, 5.41) is 2.55. The third kappa shape index (κ3) is 4.77. The summed E-state index contributed by atoms with van der Waals surface area (Å²) in [6.07, 6.45) is -1.16. The minimum atomic E-state index is -4.48. The number of nitrogens with one attached hydrogen (secondary N) is 1. The Kier molecular flexibility index (Phi) is 6.31. The highest BCUT2D eigenvalue weighted by molar-refractivity contribution is 5.92. The summed E-state index contributed by atoms with van der Waals surface area (Å²) >= 11 is 0. The molecule has 2 aromatic rings. The lowest BCUT2D eigenvalue weighted by Crippen LogP contribution is -2.16. The second kappa shape index (κ2) is 8.10.